The molecule has 1 aromatic heterocycles. The lowest BCUT2D eigenvalue weighted by molar-refractivity contribution is 0.589. The monoisotopic (exact) mass is 434 g/mol. The van der Waals surface area contributed by atoms with Crippen LogP contribution in [0.4, 0.5) is 10.1 Å². The van der Waals surface area contributed by atoms with Gasteiger partial charge in [0.05, 0.1) is 11.2 Å². The van der Waals surface area contributed by atoms with Gasteiger partial charge in [-0.05, 0) is 41.8 Å². The van der Waals surface area contributed by atoms with Crippen molar-refractivity contribution in [3.63, 3.8) is 0 Å². The van der Waals surface area contributed by atoms with Crippen molar-refractivity contribution in [2.75, 3.05) is 31.1 Å². The summed E-state index contributed by atoms with van der Waals surface area (Å²) in [6, 6.07) is 7.11. The van der Waals surface area contributed by atoms with Crippen molar-refractivity contribution in [3.05, 3.63) is 70.8 Å². The van der Waals surface area contributed by atoms with E-state index in [0.29, 0.717) is 21.8 Å². The molecule has 0 saturated carbocycles. The largest absolute Gasteiger partial charge is 0.368 e. The summed E-state index contributed by atoms with van der Waals surface area (Å²) < 4.78 is 15.1. The lowest BCUT2D eigenvalue weighted by Gasteiger charge is -2.32. The van der Waals surface area contributed by atoms with E-state index in [-0.39, 0.29) is 5.82 Å². The second-order valence-corrected chi connectivity index (χ2v) is 8.32. The van der Waals surface area contributed by atoms with E-state index in [9.17, 15) is 0 Å². The summed E-state index contributed by atoms with van der Waals surface area (Å²) >= 11 is 6.81. The number of aromatic nitrogens is 1. The Labute approximate surface area is 186 Å². The Hall–Kier alpha value is -2.89. The van der Waals surface area contributed by atoms with Crippen LogP contribution in [-0.2, 0) is 6.42 Å². The van der Waals surface area contributed by atoms with E-state index in [1.165, 1.54) is 17.3 Å². The Morgan fingerprint density at radius 1 is 1.19 bits per heavy atom. The molecule has 5 rings (SSSR count). The average molecular weight is 435 g/mol. The topological polar surface area (TPSA) is 40.2 Å². The minimum Gasteiger partial charge on any atom is -0.368 e. The standard InChI is InChI=1S/C25H24ClFN4/c1-3-16-14-30-22-13-18(20(26)12-19(22)25(16)31-10-8-28-9-11-31)24-21(27)5-4-17-6-7-29-15(2)23(17)24/h4-7,12-14,28-29H,2-3,8-11H2,1H3. The van der Waals surface area contributed by atoms with Crippen LogP contribution >= 0.6 is 11.6 Å². The van der Waals surface area contributed by atoms with Crippen molar-refractivity contribution in [1.82, 2.24) is 15.6 Å². The number of hydrogen-bond acceptors (Lipinski definition) is 4. The smallest absolute Gasteiger partial charge is 0.131 e. The summed E-state index contributed by atoms with van der Waals surface area (Å²) in [6.07, 6.45) is 6.55. The Morgan fingerprint density at radius 2 is 2.00 bits per heavy atom. The molecule has 1 saturated heterocycles. The number of hydrogen-bond donors (Lipinski definition) is 2. The van der Waals surface area contributed by atoms with Crippen LogP contribution in [0.1, 0.15) is 23.6 Å². The maximum Gasteiger partial charge on any atom is 0.131 e. The fraction of sp³-hybridized carbons (Fsp3) is 0.240. The number of anilines is 1. The van der Waals surface area contributed by atoms with E-state index in [4.69, 9.17) is 16.6 Å². The van der Waals surface area contributed by atoms with E-state index in [1.807, 2.05) is 30.6 Å². The van der Waals surface area contributed by atoms with Crippen LogP contribution < -0.4 is 15.5 Å². The van der Waals surface area contributed by atoms with Gasteiger partial charge in [0.2, 0.25) is 0 Å². The number of pyridine rings is 1. The molecule has 2 aliphatic heterocycles. The summed E-state index contributed by atoms with van der Waals surface area (Å²) in [7, 11) is 0. The van der Waals surface area contributed by atoms with Crippen LogP contribution in [0, 0.1) is 5.82 Å². The molecule has 2 N–H and O–H groups in total. The molecule has 3 heterocycles. The molecular weight excluding hydrogens is 411 g/mol. The zero-order valence-corrected chi connectivity index (χ0v) is 18.2. The van der Waals surface area contributed by atoms with Crippen LogP contribution in [0.2, 0.25) is 5.02 Å². The number of nitrogens with zero attached hydrogens (tertiary/aromatic N) is 2. The van der Waals surface area contributed by atoms with E-state index < -0.39 is 0 Å². The van der Waals surface area contributed by atoms with Crippen LogP contribution in [0.5, 0.6) is 0 Å². The van der Waals surface area contributed by atoms with Gasteiger partial charge in [-0.3, -0.25) is 4.98 Å². The maximum atomic E-state index is 15.1. The summed E-state index contributed by atoms with van der Waals surface area (Å²) in [5.74, 6) is -0.328. The molecule has 31 heavy (non-hydrogen) atoms. The molecule has 0 unspecified atom stereocenters. The SMILES string of the molecule is C=C1NC=Cc2ccc(F)c(-c3cc4ncc(CC)c(N5CCNCC5)c4cc3Cl)c21. The third kappa shape index (κ3) is 3.38. The van der Waals surface area contributed by atoms with Gasteiger partial charge in [-0.25, -0.2) is 4.39 Å². The maximum absolute atomic E-state index is 15.1. The molecular formula is C25H24ClFN4. The Kier molecular flexibility index (Phi) is 5.16. The minimum atomic E-state index is -0.328. The Bertz CT molecular complexity index is 1230. The van der Waals surface area contributed by atoms with Gasteiger partial charge in [0.1, 0.15) is 5.82 Å². The molecule has 4 nitrogen and oxygen atoms in total. The molecule has 1 fully saturated rings. The second kappa shape index (κ2) is 7.98. The van der Waals surface area contributed by atoms with Crippen LogP contribution in [-0.4, -0.2) is 31.2 Å². The van der Waals surface area contributed by atoms with E-state index in [2.05, 4.69) is 29.0 Å². The first-order valence-corrected chi connectivity index (χ1v) is 11.0. The number of halogens is 2. The number of nitrogens with one attached hydrogen (secondary N) is 2. The lowest BCUT2D eigenvalue weighted by Crippen LogP contribution is -2.44. The first-order valence-electron chi connectivity index (χ1n) is 10.6. The third-order valence-corrected chi connectivity index (χ3v) is 6.41. The van der Waals surface area contributed by atoms with Crippen molar-refractivity contribution in [2.24, 2.45) is 0 Å². The lowest BCUT2D eigenvalue weighted by atomic mass is 9.90. The number of fused-ring (bicyclic) bond motifs is 2. The van der Waals surface area contributed by atoms with E-state index >= 15 is 4.39 Å². The fourth-order valence-electron chi connectivity index (χ4n) is 4.58. The van der Waals surface area contributed by atoms with Crippen molar-refractivity contribution in [2.45, 2.75) is 13.3 Å². The van der Waals surface area contributed by atoms with Gasteiger partial charge in [0.15, 0.2) is 0 Å². The zero-order chi connectivity index (χ0) is 21.5. The number of aryl methyl sites for hydroxylation is 1. The van der Waals surface area contributed by atoms with Crippen LogP contribution in [0.3, 0.4) is 0 Å². The van der Waals surface area contributed by atoms with Crippen LogP contribution in [0.25, 0.3) is 33.8 Å². The van der Waals surface area contributed by atoms with Crippen molar-refractivity contribution >= 4 is 40.0 Å². The highest BCUT2D eigenvalue weighted by Gasteiger charge is 2.23. The predicted molar refractivity (Wildman–Crippen MR) is 128 cm³/mol. The molecule has 158 valence electrons. The normalized spacial score (nSPS) is 15.8. The first kappa shape index (κ1) is 20.0. The van der Waals surface area contributed by atoms with Gasteiger partial charge in [-0.2, -0.15) is 0 Å². The second-order valence-electron chi connectivity index (χ2n) is 7.91. The number of rotatable bonds is 3. The molecule has 2 aliphatic rings. The molecule has 0 spiro atoms. The Morgan fingerprint density at radius 3 is 2.77 bits per heavy atom. The predicted octanol–water partition coefficient (Wildman–Crippen LogP) is 5.21. The molecule has 0 aliphatic carbocycles. The van der Waals surface area contributed by atoms with Crippen LogP contribution in [0.15, 0.2) is 43.2 Å². The van der Waals surface area contributed by atoms with Gasteiger partial charge in [0, 0.05) is 71.4 Å². The van der Waals surface area contributed by atoms with Gasteiger partial charge in [-0.1, -0.05) is 31.2 Å². The average Bonchev–Trinajstić information content (AvgIpc) is 2.79. The first-order chi connectivity index (χ1) is 15.1. The van der Waals surface area contributed by atoms with Gasteiger partial charge >= 0.3 is 0 Å². The molecule has 0 amide bonds. The van der Waals surface area contributed by atoms with E-state index in [0.717, 1.165) is 54.6 Å². The quantitative estimate of drug-likeness (QED) is 0.593. The summed E-state index contributed by atoms with van der Waals surface area (Å²) in [6.45, 7) is 9.98. The van der Waals surface area contributed by atoms with Crippen molar-refractivity contribution < 1.29 is 4.39 Å². The minimum absolute atomic E-state index is 0.328. The Balaban J connectivity index is 1.74. The van der Waals surface area contributed by atoms with Gasteiger partial charge < -0.3 is 15.5 Å². The molecule has 0 radical (unpaired) electrons. The number of piperazine rings is 1. The summed E-state index contributed by atoms with van der Waals surface area (Å²) in [5.41, 5.74) is 6.58. The highest BCUT2D eigenvalue weighted by atomic mass is 35.5. The number of benzene rings is 2. The highest BCUT2D eigenvalue weighted by Crippen LogP contribution is 2.42. The summed E-state index contributed by atoms with van der Waals surface area (Å²) in [4.78, 5) is 7.12. The molecule has 3 aromatic rings. The zero-order valence-electron chi connectivity index (χ0n) is 17.4. The molecule has 2 aromatic carbocycles. The fourth-order valence-corrected chi connectivity index (χ4v) is 4.84. The highest BCUT2D eigenvalue weighted by molar-refractivity contribution is 6.34. The van der Waals surface area contributed by atoms with E-state index in [1.54, 1.807) is 6.07 Å². The molecule has 0 bridgehead atoms. The van der Waals surface area contributed by atoms with Crippen molar-refractivity contribution in [1.29, 1.82) is 0 Å². The van der Waals surface area contributed by atoms with Gasteiger partial charge in [-0.15, -0.1) is 0 Å². The summed E-state index contributed by atoms with van der Waals surface area (Å²) in [5, 5.41) is 8.01. The molecule has 0 atom stereocenters. The molecule has 6 heteroatoms. The van der Waals surface area contributed by atoms with Gasteiger partial charge in [0.25, 0.3) is 0 Å². The third-order valence-electron chi connectivity index (χ3n) is 6.10. The van der Waals surface area contributed by atoms with Crippen molar-refractivity contribution in [3.8, 4) is 11.1 Å².